The highest BCUT2D eigenvalue weighted by Crippen LogP contribution is 2.43. The van der Waals surface area contributed by atoms with Gasteiger partial charge in [-0.05, 0) is 49.6 Å². The molecule has 9 heteroatoms. The third kappa shape index (κ3) is 8.14. The molecular formula is C38H44ClN3O5. The van der Waals surface area contributed by atoms with Crippen LogP contribution in [0.5, 0.6) is 0 Å². The smallest absolute Gasteiger partial charge is 0.337 e. The molecule has 0 spiro atoms. The highest BCUT2D eigenvalue weighted by atomic mass is 35.5. The third-order valence-electron chi connectivity index (χ3n) is 8.99. The number of halogens is 1. The normalized spacial score (nSPS) is 20.0. The Morgan fingerprint density at radius 2 is 1.62 bits per heavy atom. The second-order valence-electron chi connectivity index (χ2n) is 12.4. The molecule has 0 aliphatic carbocycles. The zero-order valence-corrected chi connectivity index (χ0v) is 28.1. The number of likely N-dealkylation sites (tertiary alicyclic amines) is 1. The van der Waals surface area contributed by atoms with Gasteiger partial charge in [0.15, 0.2) is 0 Å². The number of allylic oxidation sites excluding steroid dienone is 1. The molecular weight excluding hydrogens is 614 g/mol. The van der Waals surface area contributed by atoms with Crippen LogP contribution in [0, 0.1) is 0 Å². The topological polar surface area (TPSA) is 103 Å². The van der Waals surface area contributed by atoms with Crippen molar-refractivity contribution in [1.29, 1.82) is 0 Å². The van der Waals surface area contributed by atoms with Crippen LogP contribution in [0.2, 0.25) is 5.02 Å². The van der Waals surface area contributed by atoms with Gasteiger partial charge in [0.2, 0.25) is 0 Å². The fourth-order valence-electron chi connectivity index (χ4n) is 6.70. The van der Waals surface area contributed by atoms with Gasteiger partial charge in [0.05, 0.1) is 43.1 Å². The second-order valence-corrected chi connectivity index (χ2v) is 12.8. The lowest BCUT2D eigenvalue weighted by Crippen LogP contribution is -2.40. The molecule has 2 heterocycles. The standard InChI is InChI=1S/C38H44ClN3O5/c1-26-33(36(43)45-3)34(30-16-10-11-17-31(30)39)35(32(41-26)24-46-23-20-40)37(44)47-38(2)19-22-42(25-38)21-18-29(27-12-6-4-7-13-27)28-14-8-5-9-15-28/h4-17,29,34,41H,18-25,40H2,1-3H3. The molecule has 248 valence electrons. The summed E-state index contributed by atoms with van der Waals surface area (Å²) in [5, 5.41) is 3.66. The minimum absolute atomic E-state index is 0.0809. The van der Waals surface area contributed by atoms with E-state index >= 15 is 0 Å². The van der Waals surface area contributed by atoms with Gasteiger partial charge in [-0.15, -0.1) is 0 Å². The van der Waals surface area contributed by atoms with Crippen LogP contribution >= 0.6 is 11.6 Å². The minimum Gasteiger partial charge on any atom is -0.466 e. The van der Waals surface area contributed by atoms with E-state index in [1.54, 1.807) is 13.0 Å². The second kappa shape index (κ2) is 15.8. The van der Waals surface area contributed by atoms with Gasteiger partial charge in [0.25, 0.3) is 0 Å². The van der Waals surface area contributed by atoms with Crippen LogP contribution in [-0.2, 0) is 23.8 Å². The van der Waals surface area contributed by atoms with Crippen molar-refractivity contribution in [1.82, 2.24) is 10.2 Å². The molecule has 0 radical (unpaired) electrons. The van der Waals surface area contributed by atoms with E-state index in [0.29, 0.717) is 53.7 Å². The number of esters is 2. The van der Waals surface area contributed by atoms with Gasteiger partial charge in [-0.2, -0.15) is 0 Å². The van der Waals surface area contributed by atoms with Gasteiger partial charge >= 0.3 is 11.9 Å². The van der Waals surface area contributed by atoms with Crippen molar-refractivity contribution in [2.75, 3.05) is 46.5 Å². The molecule has 2 aliphatic rings. The summed E-state index contributed by atoms with van der Waals surface area (Å²) >= 11 is 6.70. The molecule has 2 unspecified atom stereocenters. The first-order chi connectivity index (χ1) is 22.7. The molecule has 1 saturated heterocycles. The van der Waals surface area contributed by atoms with Crippen LogP contribution in [0.3, 0.4) is 0 Å². The number of nitrogens with one attached hydrogen (secondary N) is 1. The molecule has 3 aromatic carbocycles. The predicted molar refractivity (Wildman–Crippen MR) is 184 cm³/mol. The van der Waals surface area contributed by atoms with Crippen LogP contribution in [0.25, 0.3) is 0 Å². The summed E-state index contributed by atoms with van der Waals surface area (Å²) in [6.07, 6.45) is 1.60. The molecule has 0 bridgehead atoms. The number of benzene rings is 3. The number of hydrogen-bond acceptors (Lipinski definition) is 8. The first kappa shape index (κ1) is 34.4. The van der Waals surface area contributed by atoms with Crippen molar-refractivity contribution < 1.29 is 23.8 Å². The highest BCUT2D eigenvalue weighted by molar-refractivity contribution is 6.31. The predicted octanol–water partition coefficient (Wildman–Crippen LogP) is 5.93. The summed E-state index contributed by atoms with van der Waals surface area (Å²) in [5.74, 6) is -1.65. The van der Waals surface area contributed by atoms with Gasteiger partial charge in [0.1, 0.15) is 5.60 Å². The monoisotopic (exact) mass is 657 g/mol. The Morgan fingerprint density at radius 1 is 0.979 bits per heavy atom. The van der Waals surface area contributed by atoms with Crippen LogP contribution in [0.1, 0.15) is 55.2 Å². The van der Waals surface area contributed by atoms with Gasteiger partial charge in [0, 0.05) is 42.7 Å². The summed E-state index contributed by atoms with van der Waals surface area (Å²) < 4.78 is 17.4. The lowest BCUT2D eigenvalue weighted by Gasteiger charge is -2.34. The lowest BCUT2D eigenvalue weighted by molar-refractivity contribution is -0.152. The molecule has 0 aromatic heterocycles. The minimum atomic E-state index is -0.819. The number of rotatable bonds is 13. The maximum Gasteiger partial charge on any atom is 0.337 e. The van der Waals surface area contributed by atoms with Gasteiger partial charge < -0.3 is 25.3 Å². The number of methoxy groups -OCH3 is 1. The third-order valence-corrected chi connectivity index (χ3v) is 9.33. The Labute approximate surface area is 282 Å². The molecule has 2 atom stereocenters. The van der Waals surface area contributed by atoms with E-state index in [1.165, 1.54) is 18.2 Å². The molecule has 8 nitrogen and oxygen atoms in total. The van der Waals surface area contributed by atoms with Crippen molar-refractivity contribution in [2.24, 2.45) is 5.73 Å². The summed E-state index contributed by atoms with van der Waals surface area (Å²) in [7, 11) is 1.32. The van der Waals surface area contributed by atoms with Crippen molar-refractivity contribution in [3.63, 3.8) is 0 Å². The number of nitrogens with two attached hydrogens (primary N) is 1. The SMILES string of the molecule is COC(=O)C1=C(C)NC(COCCN)=C(C(=O)OC2(C)CCN(CCC(c3ccccc3)c3ccccc3)C2)C1c1ccccc1Cl. The van der Waals surface area contributed by atoms with Gasteiger partial charge in [-0.1, -0.05) is 90.5 Å². The van der Waals surface area contributed by atoms with E-state index in [1.807, 2.05) is 37.3 Å². The lowest BCUT2D eigenvalue weighted by atomic mass is 9.80. The zero-order valence-electron chi connectivity index (χ0n) is 27.3. The average Bonchev–Trinajstić information content (AvgIpc) is 3.45. The fourth-order valence-corrected chi connectivity index (χ4v) is 6.94. The molecule has 2 aliphatic heterocycles. The molecule has 5 rings (SSSR count). The Bertz CT molecular complexity index is 1570. The number of nitrogens with zero attached hydrogens (tertiary/aromatic N) is 1. The first-order valence-corrected chi connectivity index (χ1v) is 16.5. The van der Waals surface area contributed by atoms with E-state index < -0.39 is 23.5 Å². The molecule has 47 heavy (non-hydrogen) atoms. The molecule has 0 saturated carbocycles. The number of carbonyl (C=O) groups is 2. The number of dihydropyridines is 1. The maximum absolute atomic E-state index is 14.4. The summed E-state index contributed by atoms with van der Waals surface area (Å²) in [4.78, 5) is 29.9. The van der Waals surface area contributed by atoms with Crippen molar-refractivity contribution in [3.05, 3.63) is 129 Å². The Balaban J connectivity index is 1.39. The van der Waals surface area contributed by atoms with Crippen molar-refractivity contribution in [3.8, 4) is 0 Å². The van der Waals surface area contributed by atoms with Crippen molar-refractivity contribution in [2.45, 2.75) is 44.1 Å². The van der Waals surface area contributed by atoms with Crippen LogP contribution in [0.15, 0.2) is 107 Å². The van der Waals surface area contributed by atoms with E-state index in [2.05, 4.69) is 58.7 Å². The highest BCUT2D eigenvalue weighted by Gasteiger charge is 2.43. The zero-order chi connectivity index (χ0) is 33.4. The maximum atomic E-state index is 14.4. The number of carbonyl (C=O) groups excluding carboxylic acids is 2. The van der Waals surface area contributed by atoms with E-state index in [0.717, 1.165) is 19.5 Å². The Morgan fingerprint density at radius 3 is 2.23 bits per heavy atom. The van der Waals surface area contributed by atoms with Crippen LogP contribution in [0.4, 0.5) is 0 Å². The van der Waals surface area contributed by atoms with Crippen LogP contribution < -0.4 is 11.1 Å². The summed E-state index contributed by atoms with van der Waals surface area (Å²) in [6.45, 7) is 6.69. The molecule has 0 amide bonds. The number of ether oxygens (including phenoxy) is 3. The summed E-state index contributed by atoms with van der Waals surface area (Å²) in [6, 6.07) is 28.3. The first-order valence-electron chi connectivity index (χ1n) is 16.1. The molecule has 1 fully saturated rings. The fraction of sp³-hybridized carbons (Fsp3) is 0.368. The average molecular weight is 658 g/mol. The van der Waals surface area contributed by atoms with Crippen LogP contribution in [-0.4, -0.2) is 68.9 Å². The largest absolute Gasteiger partial charge is 0.466 e. The Hall–Kier alpha value is -3.95. The molecule has 3 N–H and O–H groups in total. The quantitative estimate of drug-likeness (QED) is 0.172. The van der Waals surface area contributed by atoms with E-state index in [-0.39, 0.29) is 18.1 Å². The summed E-state index contributed by atoms with van der Waals surface area (Å²) in [5.41, 5.74) is 9.73. The van der Waals surface area contributed by atoms with E-state index in [4.69, 9.17) is 31.5 Å². The van der Waals surface area contributed by atoms with Gasteiger partial charge in [-0.25, -0.2) is 9.59 Å². The van der Waals surface area contributed by atoms with Gasteiger partial charge in [-0.3, -0.25) is 4.90 Å². The van der Waals surface area contributed by atoms with E-state index in [9.17, 15) is 9.59 Å². The van der Waals surface area contributed by atoms with Crippen molar-refractivity contribution >= 4 is 23.5 Å². The molecule has 3 aromatic rings. The Kier molecular flexibility index (Phi) is 11.5. The number of hydrogen-bond donors (Lipinski definition) is 2.